The fraction of sp³-hybridized carbons (Fsp3) is 0. The van der Waals surface area contributed by atoms with Crippen LogP contribution in [0.15, 0.2) is 88.3 Å². The number of aromatic nitrogens is 3. The van der Waals surface area contributed by atoms with Gasteiger partial charge in [0.15, 0.2) is 0 Å². The van der Waals surface area contributed by atoms with Crippen molar-refractivity contribution < 1.29 is 8.91 Å². The molecule has 30 heavy (non-hydrogen) atoms. The van der Waals surface area contributed by atoms with Gasteiger partial charge in [0, 0.05) is 28.2 Å². The second kappa shape index (κ2) is 7.24. The molecule has 0 aliphatic heterocycles. The van der Waals surface area contributed by atoms with Gasteiger partial charge in [-0.3, -0.25) is 9.36 Å². The molecule has 7 heteroatoms. The monoisotopic (exact) mass is 417 g/mol. The van der Waals surface area contributed by atoms with Crippen LogP contribution >= 0.6 is 11.6 Å². The Morgan fingerprint density at radius 2 is 1.67 bits per heavy atom. The van der Waals surface area contributed by atoms with E-state index in [0.717, 1.165) is 0 Å². The number of nitrogens with zero attached hydrogens (tertiary/aromatic N) is 3. The minimum atomic E-state index is -0.566. The average molecular weight is 418 g/mol. The molecule has 0 fully saturated rings. The lowest BCUT2D eigenvalue weighted by atomic mass is 10.1. The number of pyridine rings is 1. The zero-order valence-corrected chi connectivity index (χ0v) is 16.2. The average Bonchev–Trinajstić information content (AvgIpc) is 3.27. The molecule has 0 radical (unpaired) electrons. The fourth-order valence-electron chi connectivity index (χ4n) is 3.33. The van der Waals surface area contributed by atoms with Gasteiger partial charge in [-0.25, -0.2) is 4.39 Å². The Labute approximate surface area is 175 Å². The van der Waals surface area contributed by atoms with Gasteiger partial charge in [-0.05, 0) is 36.4 Å². The van der Waals surface area contributed by atoms with Crippen molar-refractivity contribution in [1.29, 1.82) is 0 Å². The SMILES string of the molecule is O=c1c2ccccc2c(-c2nc(-c3ccc(Cl)c(F)c3)no2)cn1-c1ccccc1. The Morgan fingerprint density at radius 1 is 0.933 bits per heavy atom. The summed E-state index contributed by atoms with van der Waals surface area (Å²) in [5, 5.41) is 5.21. The van der Waals surface area contributed by atoms with Crippen LogP contribution in [0.4, 0.5) is 4.39 Å². The van der Waals surface area contributed by atoms with Gasteiger partial charge in [0.05, 0.1) is 10.6 Å². The molecule has 0 unspecified atom stereocenters. The zero-order valence-electron chi connectivity index (χ0n) is 15.4. The van der Waals surface area contributed by atoms with Crippen LogP contribution in [0.25, 0.3) is 39.3 Å². The summed E-state index contributed by atoms with van der Waals surface area (Å²) in [6.45, 7) is 0. The lowest BCUT2D eigenvalue weighted by molar-refractivity contribution is 0.432. The first-order valence-corrected chi connectivity index (χ1v) is 9.49. The maximum absolute atomic E-state index is 13.8. The highest BCUT2D eigenvalue weighted by molar-refractivity contribution is 6.30. The van der Waals surface area contributed by atoms with E-state index >= 15 is 0 Å². The fourth-order valence-corrected chi connectivity index (χ4v) is 3.45. The van der Waals surface area contributed by atoms with Gasteiger partial charge in [-0.2, -0.15) is 4.98 Å². The number of hydrogen-bond donors (Lipinski definition) is 0. The molecule has 2 heterocycles. The quantitative estimate of drug-likeness (QED) is 0.389. The maximum atomic E-state index is 13.8. The number of fused-ring (bicyclic) bond motifs is 1. The Hall–Kier alpha value is -3.77. The van der Waals surface area contributed by atoms with E-state index < -0.39 is 5.82 Å². The minimum absolute atomic E-state index is 0.0170. The van der Waals surface area contributed by atoms with Crippen LogP contribution in [-0.4, -0.2) is 14.7 Å². The standard InChI is InChI=1S/C23H13ClFN3O2/c24-19-11-10-14(12-20(19)25)21-26-22(30-27-21)18-13-28(15-6-2-1-3-7-15)23(29)17-9-5-4-8-16(17)18/h1-13H. The van der Waals surface area contributed by atoms with E-state index in [1.54, 1.807) is 29.0 Å². The van der Waals surface area contributed by atoms with E-state index in [-0.39, 0.29) is 22.3 Å². The first-order valence-electron chi connectivity index (χ1n) is 9.11. The van der Waals surface area contributed by atoms with Gasteiger partial charge < -0.3 is 4.52 Å². The van der Waals surface area contributed by atoms with Crippen LogP contribution < -0.4 is 5.56 Å². The molecule has 0 spiro atoms. The third kappa shape index (κ3) is 3.07. The van der Waals surface area contributed by atoms with Crippen molar-refractivity contribution in [3.05, 3.63) is 100 Å². The Bertz CT molecular complexity index is 1440. The molecule has 0 aliphatic rings. The van der Waals surface area contributed by atoms with E-state index in [2.05, 4.69) is 10.1 Å². The van der Waals surface area contributed by atoms with Crippen molar-refractivity contribution in [2.75, 3.05) is 0 Å². The molecule has 0 saturated heterocycles. The van der Waals surface area contributed by atoms with Crippen LogP contribution in [0.3, 0.4) is 0 Å². The number of benzene rings is 3. The van der Waals surface area contributed by atoms with Crippen molar-refractivity contribution in [3.63, 3.8) is 0 Å². The first-order chi connectivity index (χ1) is 14.6. The lowest BCUT2D eigenvalue weighted by Gasteiger charge is -2.10. The van der Waals surface area contributed by atoms with E-state index in [0.29, 0.717) is 27.6 Å². The van der Waals surface area contributed by atoms with E-state index in [1.807, 2.05) is 42.5 Å². The zero-order chi connectivity index (χ0) is 20.7. The predicted octanol–water partition coefficient (Wildman–Crippen LogP) is 5.50. The highest BCUT2D eigenvalue weighted by Gasteiger charge is 2.17. The van der Waals surface area contributed by atoms with Crippen molar-refractivity contribution >= 4 is 22.4 Å². The third-order valence-electron chi connectivity index (χ3n) is 4.79. The molecule has 5 rings (SSSR count). The third-order valence-corrected chi connectivity index (χ3v) is 5.10. The summed E-state index contributed by atoms with van der Waals surface area (Å²) in [5.41, 5.74) is 1.60. The van der Waals surface area contributed by atoms with Crippen molar-refractivity contribution in [1.82, 2.24) is 14.7 Å². The van der Waals surface area contributed by atoms with Crippen LogP contribution in [0.2, 0.25) is 5.02 Å². The first kappa shape index (κ1) is 18.3. The summed E-state index contributed by atoms with van der Waals surface area (Å²) in [6, 6.07) is 20.8. The molecule has 5 nitrogen and oxygen atoms in total. The number of rotatable bonds is 3. The maximum Gasteiger partial charge on any atom is 0.262 e. The molecule has 0 bridgehead atoms. The molecular weight excluding hydrogens is 405 g/mol. The summed E-state index contributed by atoms with van der Waals surface area (Å²) in [5.74, 6) is -0.119. The molecule has 146 valence electrons. The Balaban J connectivity index is 1.71. The number of para-hydroxylation sites is 1. The molecule has 2 aromatic heterocycles. The molecule has 0 atom stereocenters. The van der Waals surface area contributed by atoms with Gasteiger partial charge in [-0.15, -0.1) is 0 Å². The van der Waals surface area contributed by atoms with Crippen LogP contribution in [-0.2, 0) is 0 Å². The highest BCUT2D eigenvalue weighted by atomic mass is 35.5. The summed E-state index contributed by atoms with van der Waals surface area (Å²) >= 11 is 5.75. The van der Waals surface area contributed by atoms with E-state index in [9.17, 15) is 9.18 Å². The summed E-state index contributed by atoms with van der Waals surface area (Å²) in [7, 11) is 0. The van der Waals surface area contributed by atoms with E-state index in [4.69, 9.17) is 16.1 Å². The molecule has 0 amide bonds. The van der Waals surface area contributed by atoms with Gasteiger partial charge in [0.1, 0.15) is 5.82 Å². The topological polar surface area (TPSA) is 60.9 Å². The normalized spacial score (nSPS) is 11.1. The van der Waals surface area contributed by atoms with E-state index in [1.165, 1.54) is 12.1 Å². The predicted molar refractivity (Wildman–Crippen MR) is 113 cm³/mol. The largest absolute Gasteiger partial charge is 0.334 e. The minimum Gasteiger partial charge on any atom is -0.334 e. The number of halogens is 2. The molecule has 3 aromatic carbocycles. The summed E-state index contributed by atoms with van der Waals surface area (Å²) in [6.07, 6.45) is 1.68. The Morgan fingerprint density at radius 3 is 2.43 bits per heavy atom. The van der Waals surface area contributed by atoms with Crippen molar-refractivity contribution in [2.45, 2.75) is 0 Å². The second-order valence-electron chi connectivity index (χ2n) is 6.65. The van der Waals surface area contributed by atoms with Gasteiger partial charge in [0.2, 0.25) is 5.82 Å². The summed E-state index contributed by atoms with van der Waals surface area (Å²) < 4.78 is 20.9. The van der Waals surface area contributed by atoms with Crippen LogP contribution in [0, 0.1) is 5.82 Å². The molecule has 5 aromatic rings. The van der Waals surface area contributed by atoms with Gasteiger partial charge in [0.25, 0.3) is 11.4 Å². The summed E-state index contributed by atoms with van der Waals surface area (Å²) in [4.78, 5) is 17.5. The molecular formula is C23H13ClFN3O2. The van der Waals surface area contributed by atoms with Crippen molar-refractivity contribution in [2.24, 2.45) is 0 Å². The molecule has 0 saturated carbocycles. The number of hydrogen-bond acceptors (Lipinski definition) is 4. The Kier molecular flexibility index (Phi) is 4.41. The molecule has 0 aliphatic carbocycles. The van der Waals surface area contributed by atoms with Gasteiger partial charge in [-0.1, -0.05) is 53.2 Å². The smallest absolute Gasteiger partial charge is 0.262 e. The van der Waals surface area contributed by atoms with Crippen LogP contribution in [0.5, 0.6) is 0 Å². The highest BCUT2D eigenvalue weighted by Crippen LogP contribution is 2.29. The second-order valence-corrected chi connectivity index (χ2v) is 7.06. The van der Waals surface area contributed by atoms with Crippen molar-refractivity contribution in [3.8, 4) is 28.5 Å². The van der Waals surface area contributed by atoms with Crippen LogP contribution in [0.1, 0.15) is 0 Å². The van der Waals surface area contributed by atoms with Gasteiger partial charge >= 0.3 is 0 Å². The molecule has 0 N–H and O–H groups in total. The lowest BCUT2D eigenvalue weighted by Crippen LogP contribution is -2.18.